The zero-order valence-electron chi connectivity index (χ0n) is 18.8. The van der Waals surface area contributed by atoms with E-state index < -0.39 is 17.5 Å². The summed E-state index contributed by atoms with van der Waals surface area (Å²) in [6, 6.07) is 5.41. The Balaban J connectivity index is 1.43. The molecule has 1 atom stereocenters. The van der Waals surface area contributed by atoms with Gasteiger partial charge in [0.15, 0.2) is 5.01 Å². The predicted octanol–water partition coefficient (Wildman–Crippen LogP) is 4.39. The third-order valence-corrected chi connectivity index (χ3v) is 7.48. The van der Waals surface area contributed by atoms with Crippen LogP contribution in [0.2, 0.25) is 5.02 Å². The Hall–Kier alpha value is -2.70. The number of carboxylic acid groups (broad SMARTS) is 1. The fourth-order valence-electron chi connectivity index (χ4n) is 4.41. The van der Waals surface area contributed by atoms with Gasteiger partial charge in [0.1, 0.15) is 5.75 Å². The predicted molar refractivity (Wildman–Crippen MR) is 132 cm³/mol. The number of benzene rings is 1. The second-order valence-corrected chi connectivity index (χ2v) is 9.76. The molecule has 1 aliphatic rings. The highest BCUT2D eigenvalue weighted by molar-refractivity contribution is 7.10. The standard InChI is InChI=1S/C25H26ClN3O4S/c1-33-17-4-5-20-18(15-17)23(19(26)16-28-20)21(30)6-7-25(24(31)32)8-12-29(13-9-25)11-2-3-22-27-10-14-34-22/h4-5,10,14-16,21,30H,6-9,11-13H2,1H3,(H,31,32)/t21-/m0/s1. The number of aliphatic hydroxyl groups excluding tert-OH is 1. The molecule has 0 spiro atoms. The minimum atomic E-state index is -0.913. The monoisotopic (exact) mass is 499 g/mol. The highest BCUT2D eigenvalue weighted by Gasteiger charge is 2.41. The van der Waals surface area contributed by atoms with Gasteiger partial charge in [0.2, 0.25) is 0 Å². The van der Waals surface area contributed by atoms with Crippen LogP contribution in [0.4, 0.5) is 0 Å². The van der Waals surface area contributed by atoms with Crippen LogP contribution in [0.25, 0.3) is 10.9 Å². The molecule has 3 aromatic rings. The molecule has 1 saturated heterocycles. The van der Waals surface area contributed by atoms with Crippen molar-refractivity contribution in [1.29, 1.82) is 0 Å². The molecule has 0 aliphatic carbocycles. The number of carboxylic acids is 1. The molecule has 1 fully saturated rings. The molecule has 9 heteroatoms. The Morgan fingerprint density at radius 3 is 2.82 bits per heavy atom. The number of hydrogen-bond donors (Lipinski definition) is 2. The quantitative estimate of drug-likeness (QED) is 0.465. The Bertz CT molecular complexity index is 1210. The zero-order valence-corrected chi connectivity index (χ0v) is 20.4. The van der Waals surface area contributed by atoms with Gasteiger partial charge in [-0.2, -0.15) is 0 Å². The molecule has 0 amide bonds. The van der Waals surface area contributed by atoms with E-state index in [-0.39, 0.29) is 6.42 Å². The topological polar surface area (TPSA) is 95.8 Å². The van der Waals surface area contributed by atoms with E-state index in [1.807, 2.05) is 11.4 Å². The van der Waals surface area contributed by atoms with Crippen LogP contribution in [0.15, 0.2) is 36.0 Å². The summed E-state index contributed by atoms with van der Waals surface area (Å²) in [4.78, 5) is 22.9. The van der Waals surface area contributed by atoms with Crippen molar-refractivity contribution in [3.8, 4) is 17.6 Å². The molecule has 1 aliphatic heterocycles. The number of thiazole rings is 1. The van der Waals surface area contributed by atoms with E-state index in [9.17, 15) is 15.0 Å². The van der Waals surface area contributed by atoms with Crippen molar-refractivity contribution in [3.05, 3.63) is 51.6 Å². The fourth-order valence-corrected chi connectivity index (χ4v) is 5.19. The number of aromatic nitrogens is 2. The molecule has 0 bridgehead atoms. The molecule has 7 nitrogen and oxygen atoms in total. The van der Waals surface area contributed by atoms with Crippen LogP contribution in [0.5, 0.6) is 5.75 Å². The number of nitrogens with zero attached hydrogens (tertiary/aromatic N) is 3. The maximum Gasteiger partial charge on any atom is 0.309 e. The first-order valence-corrected chi connectivity index (χ1v) is 12.3. The summed E-state index contributed by atoms with van der Waals surface area (Å²) < 4.78 is 5.31. The summed E-state index contributed by atoms with van der Waals surface area (Å²) in [5.41, 5.74) is 0.369. The molecule has 0 saturated carbocycles. The third-order valence-electron chi connectivity index (χ3n) is 6.49. The van der Waals surface area contributed by atoms with Gasteiger partial charge in [-0.1, -0.05) is 17.5 Å². The molecule has 0 unspecified atom stereocenters. The SMILES string of the molecule is COc1ccc2ncc(Cl)c([C@@H](O)CCC3(C(=O)O)CCN(CC#Cc4nccs4)CC3)c2c1. The summed E-state index contributed by atoms with van der Waals surface area (Å²) in [7, 11) is 1.57. The number of halogens is 1. The Morgan fingerprint density at radius 2 is 2.15 bits per heavy atom. The van der Waals surface area contributed by atoms with Gasteiger partial charge in [-0.25, -0.2) is 4.98 Å². The van der Waals surface area contributed by atoms with E-state index >= 15 is 0 Å². The number of hydrogen-bond acceptors (Lipinski definition) is 7. The molecule has 34 heavy (non-hydrogen) atoms. The Morgan fingerprint density at radius 1 is 1.35 bits per heavy atom. The normalized spacial score (nSPS) is 16.6. The molecule has 0 radical (unpaired) electrons. The minimum Gasteiger partial charge on any atom is -0.497 e. The molecule has 4 rings (SSSR count). The second kappa shape index (κ2) is 10.7. The summed E-state index contributed by atoms with van der Waals surface area (Å²) in [5.74, 6) is 5.98. The maximum absolute atomic E-state index is 12.3. The van der Waals surface area contributed by atoms with Crippen molar-refractivity contribution in [2.45, 2.75) is 31.8 Å². The highest BCUT2D eigenvalue weighted by atomic mass is 35.5. The number of methoxy groups -OCH3 is 1. The lowest BCUT2D eigenvalue weighted by molar-refractivity contribution is -0.153. The minimum absolute atomic E-state index is 0.284. The molecule has 1 aromatic carbocycles. The number of piperidine rings is 1. The number of ether oxygens (including phenoxy) is 1. The van der Waals surface area contributed by atoms with Crippen LogP contribution in [0, 0.1) is 17.3 Å². The highest BCUT2D eigenvalue weighted by Crippen LogP contribution is 2.41. The first kappa shape index (κ1) is 24.4. The summed E-state index contributed by atoms with van der Waals surface area (Å²) in [6.45, 7) is 1.87. The van der Waals surface area contributed by atoms with Crippen molar-refractivity contribution >= 4 is 39.8 Å². The summed E-state index contributed by atoms with van der Waals surface area (Å²) >= 11 is 7.91. The average Bonchev–Trinajstić information content (AvgIpc) is 3.36. The largest absolute Gasteiger partial charge is 0.497 e. The van der Waals surface area contributed by atoms with Gasteiger partial charge in [-0.3, -0.25) is 14.7 Å². The average molecular weight is 500 g/mol. The third kappa shape index (κ3) is 5.34. The summed E-state index contributed by atoms with van der Waals surface area (Å²) in [6.07, 6.45) is 3.98. The van der Waals surface area contributed by atoms with Gasteiger partial charge >= 0.3 is 5.97 Å². The van der Waals surface area contributed by atoms with Crippen molar-refractivity contribution < 1.29 is 19.7 Å². The molecule has 2 N–H and O–H groups in total. The van der Waals surface area contributed by atoms with E-state index in [4.69, 9.17) is 16.3 Å². The maximum atomic E-state index is 12.3. The lowest BCUT2D eigenvalue weighted by atomic mass is 9.74. The summed E-state index contributed by atoms with van der Waals surface area (Å²) in [5, 5.41) is 24.9. The van der Waals surface area contributed by atoms with E-state index in [2.05, 4.69) is 26.7 Å². The van der Waals surface area contributed by atoms with Gasteiger partial charge in [0.25, 0.3) is 0 Å². The number of carbonyl (C=O) groups is 1. The smallest absolute Gasteiger partial charge is 0.309 e. The molecule has 178 valence electrons. The lowest BCUT2D eigenvalue weighted by Gasteiger charge is -2.38. The first-order chi connectivity index (χ1) is 16.4. The number of fused-ring (bicyclic) bond motifs is 1. The van der Waals surface area contributed by atoms with Crippen molar-refractivity contribution in [2.75, 3.05) is 26.7 Å². The number of likely N-dealkylation sites (tertiary alicyclic amines) is 1. The van der Waals surface area contributed by atoms with Crippen molar-refractivity contribution in [1.82, 2.24) is 14.9 Å². The molecular formula is C25H26ClN3O4S. The number of pyridine rings is 1. The van der Waals surface area contributed by atoms with E-state index in [1.54, 1.807) is 25.4 Å². The lowest BCUT2D eigenvalue weighted by Crippen LogP contribution is -2.44. The van der Waals surface area contributed by atoms with Gasteiger partial charge < -0.3 is 14.9 Å². The Kier molecular flexibility index (Phi) is 7.69. The van der Waals surface area contributed by atoms with Crippen LogP contribution in [-0.4, -0.2) is 57.8 Å². The van der Waals surface area contributed by atoms with Gasteiger partial charge in [0, 0.05) is 41.8 Å². The fraction of sp³-hybridized carbons (Fsp3) is 0.400. The van der Waals surface area contributed by atoms with Gasteiger partial charge in [-0.15, -0.1) is 11.3 Å². The van der Waals surface area contributed by atoms with Crippen LogP contribution >= 0.6 is 22.9 Å². The van der Waals surface area contributed by atoms with Gasteiger partial charge in [0.05, 0.1) is 35.7 Å². The number of aliphatic hydroxyl groups is 1. The van der Waals surface area contributed by atoms with Crippen LogP contribution < -0.4 is 4.74 Å². The van der Waals surface area contributed by atoms with Crippen molar-refractivity contribution in [2.24, 2.45) is 5.41 Å². The molecular weight excluding hydrogens is 474 g/mol. The van der Waals surface area contributed by atoms with Gasteiger partial charge in [-0.05, 0) is 49.8 Å². The number of rotatable bonds is 7. The van der Waals surface area contributed by atoms with Crippen LogP contribution in [-0.2, 0) is 4.79 Å². The first-order valence-electron chi connectivity index (χ1n) is 11.1. The van der Waals surface area contributed by atoms with Crippen molar-refractivity contribution in [3.63, 3.8) is 0 Å². The van der Waals surface area contributed by atoms with E-state index in [1.165, 1.54) is 17.5 Å². The van der Waals surface area contributed by atoms with Crippen LogP contribution in [0.1, 0.15) is 42.4 Å². The molecule has 3 heterocycles. The van der Waals surface area contributed by atoms with Crippen LogP contribution in [0.3, 0.4) is 0 Å². The van der Waals surface area contributed by atoms with E-state index in [0.29, 0.717) is 66.1 Å². The zero-order chi connectivity index (χ0) is 24.1. The molecule has 2 aromatic heterocycles. The Labute approximate surface area is 207 Å². The van der Waals surface area contributed by atoms with E-state index in [0.717, 1.165) is 5.01 Å². The second-order valence-electron chi connectivity index (χ2n) is 8.46. The number of aliphatic carboxylic acids is 1.